The molecule has 1 aliphatic heterocycles. The monoisotopic (exact) mass is 599 g/mol. The van der Waals surface area contributed by atoms with Gasteiger partial charge in [0, 0.05) is 37.0 Å². The van der Waals surface area contributed by atoms with Crippen LogP contribution in [0.5, 0.6) is 0 Å². The summed E-state index contributed by atoms with van der Waals surface area (Å²) in [6, 6.07) is 28.0. The summed E-state index contributed by atoms with van der Waals surface area (Å²) in [5.74, 6) is -0.533. The standard InChI is InChI=1S/C33H33N3O6S/c37-20-24-10-12-25(13-11-24)29-17-27(21-43-30-28(31(38)39)7-4-16-34-30)41-32(42-29)26-14-8-23(9-15-26)19-36-33(40)35-18-22-5-2-1-3-6-22/h1-16,27,29,32,37H,17-21H2,(H,38,39)(H2,35,36,40)/t27-,29+,32+/m0/s1. The molecule has 0 bridgehead atoms. The van der Waals surface area contributed by atoms with Crippen molar-refractivity contribution in [2.75, 3.05) is 5.75 Å². The Morgan fingerprint density at radius 3 is 2.14 bits per heavy atom. The van der Waals surface area contributed by atoms with Crippen LogP contribution in [0.25, 0.3) is 0 Å². The van der Waals surface area contributed by atoms with Crippen LogP contribution in [0.3, 0.4) is 0 Å². The van der Waals surface area contributed by atoms with Gasteiger partial charge in [0.2, 0.25) is 0 Å². The quantitative estimate of drug-likeness (QED) is 0.164. The summed E-state index contributed by atoms with van der Waals surface area (Å²) >= 11 is 1.34. The first kappa shape index (κ1) is 30.2. The molecule has 1 aromatic heterocycles. The van der Waals surface area contributed by atoms with Crippen LogP contribution in [-0.2, 0) is 29.2 Å². The Bertz CT molecular complexity index is 1500. The van der Waals surface area contributed by atoms with E-state index in [1.807, 2.05) is 78.9 Å². The number of benzene rings is 3. The van der Waals surface area contributed by atoms with E-state index in [0.717, 1.165) is 27.8 Å². The zero-order valence-electron chi connectivity index (χ0n) is 23.4. The van der Waals surface area contributed by atoms with E-state index in [9.17, 15) is 19.8 Å². The van der Waals surface area contributed by atoms with E-state index < -0.39 is 12.3 Å². The highest BCUT2D eigenvalue weighted by Crippen LogP contribution is 2.39. The van der Waals surface area contributed by atoms with Gasteiger partial charge in [-0.15, -0.1) is 11.8 Å². The van der Waals surface area contributed by atoms with Gasteiger partial charge in [0.25, 0.3) is 0 Å². The summed E-state index contributed by atoms with van der Waals surface area (Å²) in [6.07, 6.45) is 0.980. The highest BCUT2D eigenvalue weighted by molar-refractivity contribution is 7.99. The Labute approximate surface area is 254 Å². The van der Waals surface area contributed by atoms with Crippen molar-refractivity contribution in [2.45, 2.75) is 49.6 Å². The molecular formula is C33H33N3O6S. The van der Waals surface area contributed by atoms with E-state index in [0.29, 0.717) is 30.3 Å². The number of aliphatic hydroxyl groups is 1. The lowest BCUT2D eigenvalue weighted by Crippen LogP contribution is -2.34. The topological polar surface area (TPSA) is 130 Å². The molecule has 1 saturated heterocycles. The molecule has 0 spiro atoms. The third-order valence-electron chi connectivity index (χ3n) is 7.02. The molecule has 4 N–H and O–H groups in total. The molecule has 0 unspecified atom stereocenters. The highest BCUT2D eigenvalue weighted by Gasteiger charge is 2.32. The number of carboxylic acid groups (broad SMARTS) is 1. The van der Waals surface area contributed by atoms with Crippen LogP contribution in [0.4, 0.5) is 4.79 Å². The molecule has 10 heteroatoms. The Balaban J connectivity index is 1.24. The second kappa shape index (κ2) is 14.8. The fourth-order valence-corrected chi connectivity index (χ4v) is 5.68. The predicted octanol–water partition coefficient (Wildman–Crippen LogP) is 5.61. The second-order valence-corrected chi connectivity index (χ2v) is 11.1. The van der Waals surface area contributed by atoms with Crippen molar-refractivity contribution in [1.82, 2.24) is 15.6 Å². The molecular weight excluding hydrogens is 566 g/mol. The number of hydrogen-bond donors (Lipinski definition) is 4. The Kier molecular flexibility index (Phi) is 10.4. The van der Waals surface area contributed by atoms with E-state index in [1.165, 1.54) is 11.8 Å². The van der Waals surface area contributed by atoms with E-state index in [1.54, 1.807) is 18.3 Å². The molecule has 3 atom stereocenters. The number of thioether (sulfide) groups is 1. The zero-order chi connectivity index (χ0) is 30.0. The van der Waals surface area contributed by atoms with Crippen molar-refractivity contribution >= 4 is 23.8 Å². The number of hydrogen-bond acceptors (Lipinski definition) is 7. The number of pyridine rings is 1. The third kappa shape index (κ3) is 8.42. The van der Waals surface area contributed by atoms with Gasteiger partial charge >= 0.3 is 12.0 Å². The summed E-state index contributed by atoms with van der Waals surface area (Å²) in [5, 5.41) is 25.2. The van der Waals surface area contributed by atoms with Gasteiger partial charge in [-0.05, 0) is 34.4 Å². The molecule has 3 aromatic carbocycles. The van der Waals surface area contributed by atoms with Crippen LogP contribution in [0.15, 0.2) is 102 Å². The minimum absolute atomic E-state index is 0.0390. The van der Waals surface area contributed by atoms with Gasteiger partial charge in [0.05, 0.1) is 24.4 Å². The van der Waals surface area contributed by atoms with Crippen molar-refractivity contribution in [3.05, 3.63) is 131 Å². The molecule has 1 aliphatic rings. The fourth-order valence-electron chi connectivity index (χ4n) is 4.68. The molecule has 2 heterocycles. The molecule has 4 aromatic rings. The van der Waals surface area contributed by atoms with Crippen LogP contribution in [-0.4, -0.2) is 39.1 Å². The van der Waals surface area contributed by atoms with Crippen LogP contribution in [0.1, 0.15) is 57.0 Å². The number of aromatic nitrogens is 1. The smallest absolute Gasteiger partial charge is 0.338 e. The van der Waals surface area contributed by atoms with Crippen molar-refractivity contribution in [1.29, 1.82) is 0 Å². The molecule has 9 nitrogen and oxygen atoms in total. The number of carbonyl (C=O) groups is 2. The number of nitrogens with zero attached hydrogens (tertiary/aromatic N) is 1. The van der Waals surface area contributed by atoms with Gasteiger partial charge in [-0.2, -0.15) is 0 Å². The SMILES string of the molecule is O=C(NCc1ccccc1)NCc1ccc([C@@H]2O[C@H](CSc3ncccc3C(=O)O)C[C@H](c3ccc(CO)cc3)O2)cc1. The van der Waals surface area contributed by atoms with E-state index >= 15 is 0 Å². The number of aromatic carboxylic acids is 1. The number of aliphatic hydroxyl groups excluding tert-OH is 1. The first-order valence-corrected chi connectivity index (χ1v) is 14.9. The number of carbonyl (C=O) groups excluding carboxylic acids is 1. The lowest BCUT2D eigenvalue weighted by Gasteiger charge is -2.36. The van der Waals surface area contributed by atoms with Crippen molar-refractivity contribution in [3.63, 3.8) is 0 Å². The number of rotatable bonds is 11. The summed E-state index contributed by atoms with van der Waals surface area (Å²) in [4.78, 5) is 28.2. The van der Waals surface area contributed by atoms with Crippen LogP contribution in [0.2, 0.25) is 0 Å². The van der Waals surface area contributed by atoms with Crippen molar-refractivity contribution in [3.8, 4) is 0 Å². The first-order valence-electron chi connectivity index (χ1n) is 13.9. The minimum Gasteiger partial charge on any atom is -0.478 e. The lowest BCUT2D eigenvalue weighted by atomic mass is 10.0. The number of urea groups is 1. The summed E-state index contributed by atoms with van der Waals surface area (Å²) in [5.41, 5.74) is 4.71. The van der Waals surface area contributed by atoms with Crippen LogP contribution >= 0.6 is 11.8 Å². The molecule has 1 fully saturated rings. The maximum Gasteiger partial charge on any atom is 0.338 e. The Hall–Kier alpha value is -4.22. The second-order valence-electron chi connectivity index (χ2n) is 10.1. The van der Waals surface area contributed by atoms with E-state index in [2.05, 4.69) is 15.6 Å². The summed E-state index contributed by atoms with van der Waals surface area (Å²) in [6.45, 7) is 0.772. The van der Waals surface area contributed by atoms with E-state index in [4.69, 9.17) is 9.47 Å². The number of amides is 2. The molecule has 43 heavy (non-hydrogen) atoms. The average molecular weight is 600 g/mol. The molecule has 0 radical (unpaired) electrons. The van der Waals surface area contributed by atoms with Gasteiger partial charge in [-0.25, -0.2) is 14.6 Å². The highest BCUT2D eigenvalue weighted by atomic mass is 32.2. The predicted molar refractivity (Wildman–Crippen MR) is 162 cm³/mol. The molecule has 0 aliphatic carbocycles. The van der Waals surface area contributed by atoms with Gasteiger partial charge in [0.1, 0.15) is 5.03 Å². The Morgan fingerprint density at radius 2 is 1.47 bits per heavy atom. The fraction of sp³-hybridized carbons (Fsp3) is 0.242. The van der Waals surface area contributed by atoms with E-state index in [-0.39, 0.29) is 30.4 Å². The lowest BCUT2D eigenvalue weighted by molar-refractivity contribution is -0.245. The maximum absolute atomic E-state index is 12.3. The summed E-state index contributed by atoms with van der Waals surface area (Å²) < 4.78 is 12.8. The van der Waals surface area contributed by atoms with Crippen LogP contribution < -0.4 is 10.6 Å². The Morgan fingerprint density at radius 1 is 0.814 bits per heavy atom. The normalized spacial score (nSPS) is 18.1. The molecule has 2 amide bonds. The average Bonchev–Trinajstić information content (AvgIpc) is 3.06. The molecule has 222 valence electrons. The number of carboxylic acids is 1. The van der Waals surface area contributed by atoms with Crippen LogP contribution in [0, 0.1) is 0 Å². The van der Waals surface area contributed by atoms with Gasteiger partial charge < -0.3 is 30.3 Å². The molecule has 5 rings (SSSR count). The van der Waals surface area contributed by atoms with Gasteiger partial charge in [0.15, 0.2) is 6.29 Å². The van der Waals surface area contributed by atoms with Gasteiger partial charge in [-0.1, -0.05) is 78.9 Å². The third-order valence-corrected chi connectivity index (χ3v) is 8.16. The van der Waals surface area contributed by atoms with Gasteiger partial charge in [-0.3, -0.25) is 0 Å². The van der Waals surface area contributed by atoms with Crippen molar-refractivity contribution < 1.29 is 29.3 Å². The molecule has 0 saturated carbocycles. The van der Waals surface area contributed by atoms with Crippen molar-refractivity contribution in [2.24, 2.45) is 0 Å². The number of nitrogens with one attached hydrogen (secondary N) is 2. The first-order chi connectivity index (χ1) is 21.0. The minimum atomic E-state index is -1.02. The summed E-state index contributed by atoms with van der Waals surface area (Å²) in [7, 11) is 0. The maximum atomic E-state index is 12.3. The number of ether oxygens (including phenoxy) is 2. The zero-order valence-corrected chi connectivity index (χ0v) is 24.2. The largest absolute Gasteiger partial charge is 0.478 e.